The smallest absolute Gasteiger partial charge is 0.335 e. The molecule has 5 aromatic rings. The molecule has 244 valence electrons. The Morgan fingerprint density at radius 3 is 2.54 bits per heavy atom. The number of methoxy groups -OCH3 is 1. The molecular weight excluding hydrogens is 626 g/mol. The fourth-order valence-corrected chi connectivity index (χ4v) is 5.72. The van der Waals surface area contributed by atoms with Gasteiger partial charge in [-0.25, -0.2) is 23.1 Å². The molecule has 0 aliphatic heterocycles. The fraction of sp³-hybridized carbons (Fsp3) is 0.176. The Hall–Kier alpha value is -6.18. The summed E-state index contributed by atoms with van der Waals surface area (Å²) in [5, 5.41) is 22.0. The van der Waals surface area contributed by atoms with Crippen molar-refractivity contribution >= 4 is 35.0 Å². The largest absolute Gasteiger partial charge is 0.497 e. The summed E-state index contributed by atoms with van der Waals surface area (Å²) >= 11 is 0. The van der Waals surface area contributed by atoms with E-state index in [2.05, 4.69) is 26.0 Å². The van der Waals surface area contributed by atoms with Crippen LogP contribution < -0.4 is 20.7 Å². The van der Waals surface area contributed by atoms with Gasteiger partial charge in [0.1, 0.15) is 22.7 Å². The van der Waals surface area contributed by atoms with Gasteiger partial charge in [0.15, 0.2) is 17.3 Å². The van der Waals surface area contributed by atoms with Gasteiger partial charge in [0.2, 0.25) is 0 Å². The number of amides is 3. The number of carbonyl (C=O) groups is 4. The van der Waals surface area contributed by atoms with Crippen LogP contribution in [0.25, 0.3) is 5.65 Å². The summed E-state index contributed by atoms with van der Waals surface area (Å²) in [7, 11) is 1.49. The summed E-state index contributed by atoms with van der Waals surface area (Å²) in [5.74, 6) is -4.64. The molecule has 14 heteroatoms. The van der Waals surface area contributed by atoms with Crippen molar-refractivity contribution in [3.05, 3.63) is 123 Å². The highest BCUT2D eigenvalue weighted by Gasteiger charge is 2.29. The third-order valence-corrected chi connectivity index (χ3v) is 8.18. The molecule has 4 N–H and O–H groups in total. The minimum Gasteiger partial charge on any atom is -0.497 e. The first-order valence-electron chi connectivity index (χ1n) is 14.8. The number of hydrogen-bond donors (Lipinski definition) is 4. The van der Waals surface area contributed by atoms with Crippen molar-refractivity contribution in [2.24, 2.45) is 0 Å². The van der Waals surface area contributed by atoms with E-state index in [0.29, 0.717) is 29.8 Å². The van der Waals surface area contributed by atoms with Crippen LogP contribution in [0.3, 0.4) is 0 Å². The SMILES string of the molecule is COc1cccc(NC(=O)c2cnn3c(C(=O)N[C@H]4CCc5c4ccc(C(=O)O)c5C)cc(C(=O)NCc4ccc(F)c(F)c4)nc23)c1. The molecule has 3 amide bonds. The lowest BCUT2D eigenvalue weighted by molar-refractivity contribution is 0.0695. The van der Waals surface area contributed by atoms with Gasteiger partial charge in [-0.1, -0.05) is 18.2 Å². The number of anilines is 1. The molecule has 1 aliphatic carbocycles. The lowest BCUT2D eigenvalue weighted by Crippen LogP contribution is -2.31. The molecule has 48 heavy (non-hydrogen) atoms. The molecule has 0 fully saturated rings. The topological polar surface area (TPSA) is 164 Å². The van der Waals surface area contributed by atoms with Gasteiger partial charge in [-0.2, -0.15) is 5.10 Å². The third kappa shape index (κ3) is 6.15. The third-order valence-electron chi connectivity index (χ3n) is 8.18. The van der Waals surface area contributed by atoms with Gasteiger partial charge in [0.25, 0.3) is 17.7 Å². The minimum atomic E-state index is -1.07. The number of nitrogens with one attached hydrogen (secondary N) is 3. The van der Waals surface area contributed by atoms with Crippen LogP contribution in [0, 0.1) is 18.6 Å². The summed E-state index contributed by atoms with van der Waals surface area (Å²) in [4.78, 5) is 56.5. The van der Waals surface area contributed by atoms with Crippen LogP contribution in [0.2, 0.25) is 0 Å². The number of halogens is 2. The molecule has 0 bridgehead atoms. The first kappa shape index (κ1) is 31.8. The standard InChI is InChI=1S/C34H28F2N6O6/c1-17-21-9-11-27(23(21)8-7-22(17)34(46)47)41-33(45)29-14-28(32(44)37-15-18-6-10-25(35)26(36)12-18)40-30-24(16-38-42(29)30)31(43)39-19-4-3-5-20(13-19)48-2/h3-8,10,12-14,16,27H,9,11,15H2,1-2H3,(H,37,44)(H,39,43)(H,41,45)(H,46,47)/t27-/m0/s1. The highest BCUT2D eigenvalue weighted by molar-refractivity contribution is 6.09. The maximum atomic E-state index is 13.8. The van der Waals surface area contributed by atoms with Crippen molar-refractivity contribution in [2.45, 2.75) is 32.4 Å². The average molecular weight is 655 g/mol. The number of rotatable bonds is 9. The van der Waals surface area contributed by atoms with Gasteiger partial charge in [-0.15, -0.1) is 0 Å². The van der Waals surface area contributed by atoms with E-state index in [9.17, 15) is 33.1 Å². The summed E-state index contributed by atoms with van der Waals surface area (Å²) in [6.07, 6.45) is 2.28. The second-order valence-corrected chi connectivity index (χ2v) is 11.1. The number of carboxylic acid groups (broad SMARTS) is 1. The molecule has 2 aromatic heterocycles. The monoisotopic (exact) mass is 654 g/mol. The van der Waals surface area contributed by atoms with E-state index in [1.165, 1.54) is 31.5 Å². The van der Waals surface area contributed by atoms with Crippen LogP contribution in [0.15, 0.2) is 66.9 Å². The van der Waals surface area contributed by atoms with Gasteiger partial charge in [0.05, 0.1) is 24.9 Å². The maximum Gasteiger partial charge on any atom is 0.335 e. The molecule has 0 saturated carbocycles. The second kappa shape index (κ2) is 12.9. The Bertz CT molecular complexity index is 2130. The Balaban J connectivity index is 1.34. The van der Waals surface area contributed by atoms with E-state index in [1.807, 2.05) is 0 Å². The predicted molar refractivity (Wildman–Crippen MR) is 168 cm³/mol. The minimum absolute atomic E-state index is 0.0369. The Labute approximate surface area is 271 Å². The molecule has 1 aliphatic rings. The molecule has 0 radical (unpaired) electrons. The fourth-order valence-electron chi connectivity index (χ4n) is 5.72. The van der Waals surface area contributed by atoms with Crippen molar-refractivity contribution in [3.63, 3.8) is 0 Å². The first-order valence-corrected chi connectivity index (χ1v) is 14.8. The molecule has 3 aromatic carbocycles. The number of ether oxygens (including phenoxy) is 1. The zero-order valence-corrected chi connectivity index (χ0v) is 25.6. The zero-order chi connectivity index (χ0) is 34.1. The van der Waals surface area contributed by atoms with E-state index < -0.39 is 41.4 Å². The summed E-state index contributed by atoms with van der Waals surface area (Å²) < 4.78 is 33.5. The number of carboxylic acids is 1. The summed E-state index contributed by atoms with van der Waals surface area (Å²) in [5.41, 5.74) is 2.66. The van der Waals surface area contributed by atoms with Crippen LogP contribution in [0.5, 0.6) is 5.75 Å². The molecular formula is C34H28F2N6O6. The first-order chi connectivity index (χ1) is 23.0. The molecule has 0 spiro atoms. The Morgan fingerprint density at radius 1 is 0.979 bits per heavy atom. The molecule has 0 unspecified atom stereocenters. The van der Waals surface area contributed by atoms with Gasteiger partial charge in [-0.05, 0) is 72.4 Å². The van der Waals surface area contributed by atoms with E-state index in [-0.39, 0.29) is 40.3 Å². The van der Waals surface area contributed by atoms with E-state index in [0.717, 1.165) is 27.8 Å². The van der Waals surface area contributed by atoms with Crippen LogP contribution in [-0.2, 0) is 13.0 Å². The Kier molecular flexibility index (Phi) is 8.55. The molecule has 6 rings (SSSR count). The number of fused-ring (bicyclic) bond motifs is 2. The normalized spacial score (nSPS) is 13.5. The lowest BCUT2D eigenvalue weighted by Gasteiger charge is -2.16. The highest BCUT2D eigenvalue weighted by Crippen LogP contribution is 2.35. The van der Waals surface area contributed by atoms with Crippen LogP contribution in [-0.4, -0.2) is 50.5 Å². The number of nitrogens with zero attached hydrogens (tertiary/aromatic N) is 3. The summed E-state index contributed by atoms with van der Waals surface area (Å²) in [6.45, 7) is 1.55. The van der Waals surface area contributed by atoms with Crippen molar-refractivity contribution in [2.75, 3.05) is 12.4 Å². The molecule has 0 saturated heterocycles. The molecule has 12 nitrogen and oxygen atoms in total. The van der Waals surface area contributed by atoms with Crippen molar-refractivity contribution in [1.82, 2.24) is 25.2 Å². The highest BCUT2D eigenvalue weighted by atomic mass is 19.2. The molecule has 1 atom stereocenters. The van der Waals surface area contributed by atoms with E-state index in [1.54, 1.807) is 37.3 Å². The van der Waals surface area contributed by atoms with Crippen molar-refractivity contribution in [3.8, 4) is 5.75 Å². The number of carbonyl (C=O) groups excluding carboxylic acids is 3. The number of hydrogen-bond acceptors (Lipinski definition) is 7. The molecule has 2 heterocycles. The van der Waals surface area contributed by atoms with Crippen LogP contribution in [0.1, 0.15) is 76.4 Å². The summed E-state index contributed by atoms with van der Waals surface area (Å²) in [6, 6.07) is 13.8. The number of aromatic carboxylic acids is 1. The number of aromatic nitrogens is 3. The quantitative estimate of drug-likeness (QED) is 0.179. The van der Waals surface area contributed by atoms with Gasteiger partial charge < -0.3 is 25.8 Å². The predicted octanol–water partition coefficient (Wildman–Crippen LogP) is 4.62. The number of benzene rings is 3. The van der Waals surface area contributed by atoms with Crippen LogP contribution >= 0.6 is 0 Å². The van der Waals surface area contributed by atoms with E-state index in [4.69, 9.17) is 4.74 Å². The Morgan fingerprint density at radius 2 is 1.79 bits per heavy atom. The van der Waals surface area contributed by atoms with Crippen molar-refractivity contribution < 1.29 is 37.8 Å². The van der Waals surface area contributed by atoms with E-state index >= 15 is 0 Å². The van der Waals surface area contributed by atoms with Gasteiger partial charge in [0, 0.05) is 24.4 Å². The second-order valence-electron chi connectivity index (χ2n) is 11.1. The van der Waals surface area contributed by atoms with Gasteiger partial charge in [-0.3, -0.25) is 14.4 Å². The van der Waals surface area contributed by atoms with Crippen LogP contribution in [0.4, 0.5) is 14.5 Å². The van der Waals surface area contributed by atoms with Crippen molar-refractivity contribution in [1.29, 1.82) is 0 Å². The maximum absolute atomic E-state index is 13.8. The average Bonchev–Trinajstić information content (AvgIpc) is 3.69. The van der Waals surface area contributed by atoms with Gasteiger partial charge >= 0.3 is 5.97 Å². The zero-order valence-electron chi connectivity index (χ0n) is 25.6. The lowest BCUT2D eigenvalue weighted by atomic mass is 9.98.